The van der Waals surface area contributed by atoms with Crippen molar-refractivity contribution in [1.29, 1.82) is 0 Å². The lowest BCUT2D eigenvalue weighted by Crippen LogP contribution is -2.19. The van der Waals surface area contributed by atoms with Gasteiger partial charge in [-0.3, -0.25) is 0 Å². The number of fused-ring (bicyclic) bond motifs is 1. The maximum Gasteiger partial charge on any atom is 0.218 e. The Hall–Kier alpha value is -2.19. The van der Waals surface area contributed by atoms with Gasteiger partial charge in [0.05, 0.1) is 22.8 Å². The van der Waals surface area contributed by atoms with Crippen molar-refractivity contribution in [2.75, 3.05) is 25.5 Å². The van der Waals surface area contributed by atoms with E-state index in [-0.39, 0.29) is 23.9 Å². The van der Waals surface area contributed by atoms with Gasteiger partial charge in [-0.1, -0.05) is 35.9 Å². The summed E-state index contributed by atoms with van der Waals surface area (Å²) in [4.78, 5) is 4.77. The Bertz CT molecular complexity index is 1040. The number of rotatable bonds is 9. The number of nitrogens with one attached hydrogen (secondary N) is 1. The Morgan fingerprint density at radius 3 is 2.64 bits per heavy atom. The van der Waals surface area contributed by atoms with Gasteiger partial charge >= 0.3 is 0 Å². The molecule has 0 unspecified atom stereocenters. The van der Waals surface area contributed by atoms with Crippen LogP contribution in [0.4, 0.5) is 0 Å². The first-order valence-electron chi connectivity index (χ1n) is 8.81. The van der Waals surface area contributed by atoms with Crippen LogP contribution in [0.15, 0.2) is 59.5 Å². The summed E-state index contributed by atoms with van der Waals surface area (Å²) in [6.07, 6.45) is 0. The number of aliphatic hydroxyl groups is 1. The number of aliphatic hydroxyl groups excluding tert-OH is 1. The maximum atomic E-state index is 12.4. The van der Waals surface area contributed by atoms with E-state index in [9.17, 15) is 8.42 Å². The SMILES string of the molecule is O=S(=O)(CCOc1nc2cc(Cl)ccc2cc1CNCCO)c1ccccc1. The highest BCUT2D eigenvalue weighted by molar-refractivity contribution is 7.91. The molecule has 0 saturated carbocycles. The molecule has 6 nitrogen and oxygen atoms in total. The van der Waals surface area contributed by atoms with Crippen molar-refractivity contribution in [3.05, 3.63) is 65.2 Å². The number of halogens is 1. The van der Waals surface area contributed by atoms with Gasteiger partial charge in [-0.25, -0.2) is 13.4 Å². The zero-order valence-corrected chi connectivity index (χ0v) is 16.7. The van der Waals surface area contributed by atoms with Crippen molar-refractivity contribution in [2.24, 2.45) is 0 Å². The third-order valence-electron chi connectivity index (χ3n) is 4.12. The number of nitrogens with zero attached hydrogens (tertiary/aromatic N) is 1. The second-order valence-corrected chi connectivity index (χ2v) is 8.72. The Balaban J connectivity index is 1.79. The molecule has 3 aromatic rings. The topological polar surface area (TPSA) is 88.5 Å². The third kappa shape index (κ3) is 5.20. The molecule has 0 aliphatic carbocycles. The van der Waals surface area contributed by atoms with Crippen LogP contribution in [0.25, 0.3) is 10.9 Å². The van der Waals surface area contributed by atoms with Gasteiger partial charge in [0, 0.05) is 29.1 Å². The average Bonchev–Trinajstić information content (AvgIpc) is 2.69. The van der Waals surface area contributed by atoms with E-state index < -0.39 is 9.84 Å². The summed E-state index contributed by atoms with van der Waals surface area (Å²) in [7, 11) is -3.44. The van der Waals surface area contributed by atoms with Gasteiger partial charge in [-0.05, 0) is 30.3 Å². The molecule has 0 aliphatic heterocycles. The molecular formula is C20H21ClN2O4S. The minimum atomic E-state index is -3.44. The summed E-state index contributed by atoms with van der Waals surface area (Å²) < 4.78 is 30.6. The van der Waals surface area contributed by atoms with E-state index in [0.29, 0.717) is 29.5 Å². The van der Waals surface area contributed by atoms with Gasteiger partial charge in [0.25, 0.3) is 0 Å². The molecular weight excluding hydrogens is 400 g/mol. The molecule has 1 heterocycles. The molecule has 8 heteroatoms. The highest BCUT2D eigenvalue weighted by Crippen LogP contribution is 2.25. The van der Waals surface area contributed by atoms with Crippen LogP contribution in [0.3, 0.4) is 0 Å². The molecule has 0 saturated heterocycles. The normalized spacial score (nSPS) is 11.6. The van der Waals surface area contributed by atoms with E-state index >= 15 is 0 Å². The molecule has 0 fully saturated rings. The molecule has 0 bridgehead atoms. The van der Waals surface area contributed by atoms with E-state index in [1.807, 2.05) is 12.1 Å². The Labute approximate surface area is 169 Å². The van der Waals surface area contributed by atoms with E-state index in [2.05, 4.69) is 10.3 Å². The molecule has 3 rings (SSSR count). The molecule has 0 atom stereocenters. The van der Waals surface area contributed by atoms with Crippen molar-refractivity contribution >= 4 is 32.3 Å². The molecule has 1 aromatic heterocycles. The van der Waals surface area contributed by atoms with Crippen LogP contribution in [-0.4, -0.2) is 44.0 Å². The molecule has 148 valence electrons. The van der Waals surface area contributed by atoms with Gasteiger partial charge in [0.2, 0.25) is 5.88 Å². The highest BCUT2D eigenvalue weighted by Gasteiger charge is 2.15. The zero-order chi connectivity index (χ0) is 20.0. The van der Waals surface area contributed by atoms with Gasteiger partial charge in [0.1, 0.15) is 6.61 Å². The molecule has 2 N–H and O–H groups in total. The van der Waals surface area contributed by atoms with Crippen molar-refractivity contribution < 1.29 is 18.3 Å². The van der Waals surface area contributed by atoms with Crippen LogP contribution in [0.5, 0.6) is 5.88 Å². The Morgan fingerprint density at radius 1 is 1.11 bits per heavy atom. The first-order valence-corrected chi connectivity index (χ1v) is 10.8. The summed E-state index contributed by atoms with van der Waals surface area (Å²) in [5.74, 6) is 0.193. The number of hydrogen-bond acceptors (Lipinski definition) is 6. The Morgan fingerprint density at radius 2 is 1.89 bits per heavy atom. The lowest BCUT2D eigenvalue weighted by Gasteiger charge is -2.13. The molecule has 0 aliphatic rings. The fraction of sp³-hybridized carbons (Fsp3) is 0.250. The summed E-state index contributed by atoms with van der Waals surface area (Å²) in [5.41, 5.74) is 1.44. The molecule has 2 aromatic carbocycles. The van der Waals surface area contributed by atoms with E-state index in [1.165, 1.54) is 0 Å². The van der Waals surface area contributed by atoms with Gasteiger partial charge in [-0.15, -0.1) is 0 Å². The fourth-order valence-electron chi connectivity index (χ4n) is 2.71. The quantitative estimate of drug-likeness (QED) is 0.517. The van der Waals surface area contributed by atoms with Crippen molar-refractivity contribution in [1.82, 2.24) is 10.3 Å². The van der Waals surface area contributed by atoms with Crippen LogP contribution in [0, 0.1) is 0 Å². The monoisotopic (exact) mass is 420 g/mol. The predicted molar refractivity (Wildman–Crippen MR) is 110 cm³/mol. The molecule has 0 amide bonds. The predicted octanol–water partition coefficient (Wildman–Crippen LogP) is 2.82. The van der Waals surface area contributed by atoms with Crippen LogP contribution in [-0.2, 0) is 16.4 Å². The molecule has 28 heavy (non-hydrogen) atoms. The van der Waals surface area contributed by atoms with Gasteiger partial charge in [0.15, 0.2) is 9.84 Å². The average molecular weight is 421 g/mol. The van der Waals surface area contributed by atoms with Gasteiger partial charge in [-0.2, -0.15) is 0 Å². The van der Waals surface area contributed by atoms with Crippen molar-refractivity contribution in [3.8, 4) is 5.88 Å². The summed E-state index contributed by atoms with van der Waals surface area (Å²) in [6.45, 7) is 0.860. The minimum Gasteiger partial charge on any atom is -0.476 e. The van der Waals surface area contributed by atoms with E-state index in [1.54, 1.807) is 42.5 Å². The van der Waals surface area contributed by atoms with Crippen LogP contribution < -0.4 is 10.1 Å². The molecule has 0 spiro atoms. The first kappa shape index (κ1) is 20.5. The zero-order valence-electron chi connectivity index (χ0n) is 15.1. The standard InChI is InChI=1S/C20H21ClN2O4S/c21-17-7-6-15-12-16(14-22-8-9-24)20(23-19(15)13-17)27-10-11-28(25,26)18-4-2-1-3-5-18/h1-7,12-13,22,24H,8-11,14H2. The minimum absolute atomic E-state index is 0.0160. The lowest BCUT2D eigenvalue weighted by atomic mass is 10.1. The van der Waals surface area contributed by atoms with Crippen LogP contribution in [0.2, 0.25) is 5.02 Å². The number of sulfone groups is 1. The number of benzene rings is 2. The fourth-order valence-corrected chi connectivity index (χ4v) is 3.99. The van der Waals surface area contributed by atoms with Crippen LogP contribution in [0.1, 0.15) is 5.56 Å². The summed E-state index contributed by atoms with van der Waals surface area (Å²) >= 11 is 6.04. The van der Waals surface area contributed by atoms with Crippen molar-refractivity contribution in [3.63, 3.8) is 0 Å². The summed E-state index contributed by atoms with van der Waals surface area (Å²) in [6, 6.07) is 15.6. The van der Waals surface area contributed by atoms with Gasteiger partial charge < -0.3 is 15.2 Å². The van der Waals surface area contributed by atoms with E-state index in [4.69, 9.17) is 21.4 Å². The van der Waals surface area contributed by atoms with E-state index in [0.717, 1.165) is 10.9 Å². The number of pyridine rings is 1. The largest absolute Gasteiger partial charge is 0.476 e. The van der Waals surface area contributed by atoms with Crippen molar-refractivity contribution in [2.45, 2.75) is 11.4 Å². The second-order valence-electron chi connectivity index (χ2n) is 6.17. The molecule has 0 radical (unpaired) electrons. The third-order valence-corrected chi connectivity index (χ3v) is 6.05. The number of ether oxygens (including phenoxy) is 1. The number of aromatic nitrogens is 1. The maximum absolute atomic E-state index is 12.4. The van der Waals surface area contributed by atoms with Crippen LogP contribution >= 0.6 is 11.6 Å². The lowest BCUT2D eigenvalue weighted by molar-refractivity contribution is 0.290. The number of hydrogen-bond donors (Lipinski definition) is 2. The smallest absolute Gasteiger partial charge is 0.218 e. The Kier molecular flexibility index (Phi) is 6.85. The second kappa shape index (κ2) is 9.34. The summed E-state index contributed by atoms with van der Waals surface area (Å²) in [5, 5.41) is 13.5. The highest BCUT2D eigenvalue weighted by atomic mass is 35.5. The first-order chi connectivity index (χ1) is 13.5.